The maximum atomic E-state index is 12.2. The highest BCUT2D eigenvalue weighted by molar-refractivity contribution is 7.98. The molecular weight excluding hydrogens is 298 g/mol. The van der Waals surface area contributed by atoms with Gasteiger partial charge in [-0.15, -0.1) is 11.8 Å². The van der Waals surface area contributed by atoms with Gasteiger partial charge in [0, 0.05) is 5.75 Å². The second-order valence-electron chi connectivity index (χ2n) is 4.08. The highest BCUT2D eigenvalue weighted by Crippen LogP contribution is 2.31. The van der Waals surface area contributed by atoms with Gasteiger partial charge in [0.25, 0.3) is 0 Å². The molecule has 112 valence electrons. The molecule has 0 aliphatic heterocycles. The predicted octanol–water partition coefficient (Wildman–Crippen LogP) is 3.57. The molecule has 0 aliphatic rings. The molecule has 0 aliphatic carbocycles. The van der Waals surface area contributed by atoms with Gasteiger partial charge in [-0.25, -0.2) is 4.98 Å². The molecule has 0 amide bonds. The van der Waals surface area contributed by atoms with Crippen LogP contribution >= 0.6 is 11.8 Å². The molecule has 1 aromatic carbocycles. The van der Waals surface area contributed by atoms with Crippen LogP contribution < -0.4 is 15.2 Å². The second kappa shape index (κ2) is 7.12. The van der Waals surface area contributed by atoms with Crippen molar-refractivity contribution in [3.8, 4) is 11.5 Å². The number of ether oxygens (including phenoxy) is 2. The number of aromatic nitrogens is 1. The van der Waals surface area contributed by atoms with Crippen molar-refractivity contribution >= 4 is 17.4 Å². The number of benzene rings is 1. The van der Waals surface area contributed by atoms with Crippen molar-refractivity contribution in [2.75, 3.05) is 12.8 Å². The average Bonchev–Trinajstić information content (AvgIpc) is 2.47. The van der Waals surface area contributed by atoms with Crippen LogP contribution in [-0.4, -0.2) is 18.7 Å². The third kappa shape index (κ3) is 4.49. The lowest BCUT2D eigenvalue weighted by Gasteiger charge is -2.11. The van der Waals surface area contributed by atoms with E-state index < -0.39 is 6.61 Å². The maximum absolute atomic E-state index is 12.2. The summed E-state index contributed by atoms with van der Waals surface area (Å²) in [6, 6.07) is 8.45. The summed E-state index contributed by atoms with van der Waals surface area (Å²) in [4.78, 5) is 4.18. The molecule has 1 heterocycles. The van der Waals surface area contributed by atoms with E-state index in [0.717, 1.165) is 10.6 Å². The van der Waals surface area contributed by atoms with Gasteiger partial charge in [0.15, 0.2) is 11.5 Å². The Kier molecular flexibility index (Phi) is 5.21. The van der Waals surface area contributed by atoms with Gasteiger partial charge in [-0.1, -0.05) is 6.07 Å². The third-order valence-electron chi connectivity index (χ3n) is 2.59. The van der Waals surface area contributed by atoms with Crippen molar-refractivity contribution in [2.45, 2.75) is 17.4 Å². The number of thioether (sulfide) groups is 1. The average molecular weight is 312 g/mol. The number of hydrogen-bond acceptors (Lipinski definition) is 5. The molecule has 0 saturated heterocycles. The van der Waals surface area contributed by atoms with Crippen molar-refractivity contribution in [2.24, 2.45) is 0 Å². The van der Waals surface area contributed by atoms with E-state index in [0.29, 0.717) is 11.4 Å². The lowest BCUT2D eigenvalue weighted by Crippen LogP contribution is -2.03. The number of pyridine rings is 1. The highest BCUT2D eigenvalue weighted by Gasteiger charge is 2.11. The van der Waals surface area contributed by atoms with Crippen LogP contribution in [0.25, 0.3) is 0 Å². The number of nitrogens with two attached hydrogens (primary N) is 1. The standard InChI is InChI=1S/C14H14F2N2O2S/c1-19-12-6-9(2-4-11(12)20-14(15)16)8-21-13-5-3-10(17)7-18-13/h2-7,14H,8,17H2,1H3. The summed E-state index contributed by atoms with van der Waals surface area (Å²) >= 11 is 1.51. The van der Waals surface area contributed by atoms with E-state index in [2.05, 4.69) is 9.72 Å². The van der Waals surface area contributed by atoms with Crippen molar-refractivity contribution in [1.82, 2.24) is 4.98 Å². The fourth-order valence-corrected chi connectivity index (χ4v) is 2.42. The quantitative estimate of drug-likeness (QED) is 0.826. The lowest BCUT2D eigenvalue weighted by atomic mass is 10.2. The van der Waals surface area contributed by atoms with Crippen LogP contribution in [0.4, 0.5) is 14.5 Å². The first-order valence-electron chi connectivity index (χ1n) is 6.04. The maximum Gasteiger partial charge on any atom is 0.387 e. The van der Waals surface area contributed by atoms with Gasteiger partial charge in [-0.2, -0.15) is 8.78 Å². The Morgan fingerprint density at radius 3 is 2.67 bits per heavy atom. The molecule has 1 aromatic heterocycles. The molecule has 0 saturated carbocycles. The van der Waals surface area contributed by atoms with Crippen molar-refractivity contribution in [1.29, 1.82) is 0 Å². The Morgan fingerprint density at radius 2 is 2.05 bits per heavy atom. The second-order valence-corrected chi connectivity index (χ2v) is 5.08. The van der Waals surface area contributed by atoms with Crippen molar-refractivity contribution in [3.05, 3.63) is 42.1 Å². The van der Waals surface area contributed by atoms with E-state index in [9.17, 15) is 8.78 Å². The Bertz CT molecular complexity index is 594. The number of nitrogens with zero attached hydrogens (tertiary/aromatic N) is 1. The smallest absolute Gasteiger partial charge is 0.387 e. The number of rotatable bonds is 6. The minimum Gasteiger partial charge on any atom is -0.493 e. The van der Waals surface area contributed by atoms with Crippen LogP contribution in [0, 0.1) is 0 Å². The van der Waals surface area contributed by atoms with E-state index in [4.69, 9.17) is 10.5 Å². The fraction of sp³-hybridized carbons (Fsp3) is 0.214. The molecule has 2 rings (SSSR count). The monoisotopic (exact) mass is 312 g/mol. The number of halogens is 2. The summed E-state index contributed by atoms with van der Waals surface area (Å²) in [5, 5.41) is 0.830. The first kappa shape index (κ1) is 15.4. The Morgan fingerprint density at radius 1 is 1.24 bits per heavy atom. The molecule has 0 fully saturated rings. The van der Waals surface area contributed by atoms with E-state index in [1.54, 1.807) is 24.4 Å². The van der Waals surface area contributed by atoms with Crippen molar-refractivity contribution in [3.63, 3.8) is 0 Å². The zero-order valence-electron chi connectivity index (χ0n) is 11.3. The molecule has 0 bridgehead atoms. The van der Waals surface area contributed by atoms with Gasteiger partial charge in [0.05, 0.1) is 24.0 Å². The van der Waals surface area contributed by atoms with Crippen LogP contribution in [-0.2, 0) is 5.75 Å². The SMILES string of the molecule is COc1cc(CSc2ccc(N)cn2)ccc1OC(F)F. The first-order valence-corrected chi connectivity index (χ1v) is 7.03. The topological polar surface area (TPSA) is 57.4 Å². The zero-order chi connectivity index (χ0) is 15.2. The Labute approximate surface area is 125 Å². The van der Waals surface area contributed by atoms with E-state index in [-0.39, 0.29) is 11.5 Å². The Balaban J connectivity index is 2.05. The molecule has 21 heavy (non-hydrogen) atoms. The van der Waals surface area contributed by atoms with Crippen LogP contribution in [0.2, 0.25) is 0 Å². The molecule has 4 nitrogen and oxygen atoms in total. The van der Waals surface area contributed by atoms with Gasteiger partial charge in [-0.3, -0.25) is 0 Å². The predicted molar refractivity (Wildman–Crippen MR) is 77.8 cm³/mol. The summed E-state index contributed by atoms with van der Waals surface area (Å²) in [5.74, 6) is 0.924. The van der Waals surface area contributed by atoms with Crippen LogP contribution in [0.3, 0.4) is 0 Å². The van der Waals surface area contributed by atoms with Gasteiger partial charge >= 0.3 is 6.61 Å². The summed E-state index contributed by atoms with van der Waals surface area (Å²) in [6.07, 6.45) is 1.59. The minimum absolute atomic E-state index is 0.0202. The number of hydrogen-bond donors (Lipinski definition) is 1. The zero-order valence-corrected chi connectivity index (χ0v) is 12.1. The van der Waals surface area contributed by atoms with Crippen LogP contribution in [0.5, 0.6) is 11.5 Å². The molecular formula is C14H14F2N2O2S. The molecule has 7 heteroatoms. The molecule has 2 N–H and O–H groups in total. The van der Waals surface area contributed by atoms with Crippen LogP contribution in [0.15, 0.2) is 41.6 Å². The number of anilines is 1. The molecule has 0 unspecified atom stereocenters. The molecule has 0 radical (unpaired) electrons. The van der Waals surface area contributed by atoms with Gasteiger partial charge in [0.1, 0.15) is 0 Å². The number of methoxy groups -OCH3 is 1. The van der Waals surface area contributed by atoms with Gasteiger partial charge < -0.3 is 15.2 Å². The minimum atomic E-state index is -2.88. The van der Waals surface area contributed by atoms with E-state index in [1.165, 1.54) is 24.9 Å². The third-order valence-corrected chi connectivity index (χ3v) is 3.60. The molecule has 0 spiro atoms. The first-order chi connectivity index (χ1) is 10.1. The fourth-order valence-electron chi connectivity index (χ4n) is 1.63. The van der Waals surface area contributed by atoms with Crippen LogP contribution in [0.1, 0.15) is 5.56 Å². The number of alkyl halides is 2. The van der Waals surface area contributed by atoms with Gasteiger partial charge in [-0.05, 0) is 29.8 Å². The number of nitrogen functional groups attached to an aromatic ring is 1. The van der Waals surface area contributed by atoms with Crippen molar-refractivity contribution < 1.29 is 18.3 Å². The highest BCUT2D eigenvalue weighted by atomic mass is 32.2. The van der Waals surface area contributed by atoms with E-state index in [1.807, 2.05) is 6.07 Å². The summed E-state index contributed by atoms with van der Waals surface area (Å²) in [7, 11) is 1.41. The lowest BCUT2D eigenvalue weighted by molar-refractivity contribution is -0.0512. The summed E-state index contributed by atoms with van der Waals surface area (Å²) in [5.41, 5.74) is 7.08. The molecule has 0 atom stereocenters. The van der Waals surface area contributed by atoms with E-state index >= 15 is 0 Å². The molecule has 2 aromatic rings. The normalized spacial score (nSPS) is 10.7. The summed E-state index contributed by atoms with van der Waals surface area (Å²) in [6.45, 7) is -2.88. The summed E-state index contributed by atoms with van der Waals surface area (Å²) < 4.78 is 33.9. The van der Waals surface area contributed by atoms with Gasteiger partial charge in [0.2, 0.25) is 0 Å². The Hall–Kier alpha value is -2.02. The largest absolute Gasteiger partial charge is 0.493 e.